The zero-order chi connectivity index (χ0) is 19.2. The third-order valence-electron chi connectivity index (χ3n) is 2.86. The Labute approximate surface area is 142 Å². The molecule has 0 bridgehead atoms. The average molecular weight is 370 g/mol. The molecule has 0 saturated heterocycles. The van der Waals surface area contributed by atoms with Gasteiger partial charge in [-0.25, -0.2) is 0 Å². The van der Waals surface area contributed by atoms with Crippen LogP contribution in [0.15, 0.2) is 47.4 Å². The SMILES string of the molecule is Cc1ccc(S(=O)(=O)Oc2ccc([N+](=O)[O-])cc2[N+](=O)[O-])cc1.NN. The van der Waals surface area contributed by atoms with E-state index in [0.717, 1.165) is 17.7 Å². The summed E-state index contributed by atoms with van der Waals surface area (Å²) < 4.78 is 29.0. The number of nitro groups is 2. The van der Waals surface area contributed by atoms with Crippen molar-refractivity contribution in [2.24, 2.45) is 11.7 Å². The number of nitro benzene ring substituents is 2. The van der Waals surface area contributed by atoms with Gasteiger partial charge in [-0.1, -0.05) is 17.7 Å². The fraction of sp³-hybridized carbons (Fsp3) is 0.0769. The Hall–Kier alpha value is -3.09. The van der Waals surface area contributed by atoms with Crippen molar-refractivity contribution < 1.29 is 22.4 Å². The fourth-order valence-corrected chi connectivity index (χ4v) is 2.65. The van der Waals surface area contributed by atoms with Gasteiger partial charge >= 0.3 is 15.8 Å². The number of hydrazine groups is 1. The van der Waals surface area contributed by atoms with Gasteiger partial charge in [-0.3, -0.25) is 31.9 Å². The Morgan fingerprint density at radius 2 is 1.52 bits per heavy atom. The second-order valence-electron chi connectivity index (χ2n) is 4.52. The van der Waals surface area contributed by atoms with Gasteiger partial charge in [0.2, 0.25) is 5.75 Å². The molecule has 0 fully saturated rings. The smallest absolute Gasteiger partial charge is 0.339 e. The zero-order valence-electron chi connectivity index (χ0n) is 12.9. The van der Waals surface area contributed by atoms with Crippen molar-refractivity contribution >= 4 is 21.5 Å². The van der Waals surface area contributed by atoms with Crippen LogP contribution in [0.3, 0.4) is 0 Å². The summed E-state index contributed by atoms with van der Waals surface area (Å²) in [6.07, 6.45) is 0. The van der Waals surface area contributed by atoms with Crippen molar-refractivity contribution in [3.05, 3.63) is 68.3 Å². The summed E-state index contributed by atoms with van der Waals surface area (Å²) in [5, 5.41) is 21.6. The minimum atomic E-state index is -4.29. The highest BCUT2D eigenvalue weighted by Crippen LogP contribution is 2.33. The number of aryl methyl sites for hydroxylation is 1. The Kier molecular flexibility index (Phi) is 6.50. The van der Waals surface area contributed by atoms with Crippen LogP contribution >= 0.6 is 0 Å². The third kappa shape index (κ3) is 4.94. The predicted molar refractivity (Wildman–Crippen MR) is 87.1 cm³/mol. The van der Waals surface area contributed by atoms with Crippen LogP contribution < -0.4 is 15.9 Å². The third-order valence-corrected chi connectivity index (χ3v) is 4.11. The lowest BCUT2D eigenvalue weighted by molar-refractivity contribution is -0.394. The van der Waals surface area contributed by atoms with Gasteiger partial charge in [-0.15, -0.1) is 0 Å². The predicted octanol–water partition coefficient (Wildman–Crippen LogP) is 1.40. The van der Waals surface area contributed by atoms with E-state index >= 15 is 0 Å². The Morgan fingerprint density at radius 3 is 2.00 bits per heavy atom. The molecule has 0 amide bonds. The van der Waals surface area contributed by atoms with Gasteiger partial charge in [0.25, 0.3) is 5.69 Å². The standard InChI is InChI=1S/C13H10N2O7S.H4N2/c1-9-2-5-11(6-3-9)23(20,21)22-13-7-4-10(14(16)17)8-12(13)15(18)19;1-2/h2-8H,1H3;1-2H2. The molecule has 2 aromatic rings. The van der Waals surface area contributed by atoms with Gasteiger partial charge in [-0.2, -0.15) is 8.42 Å². The molecule has 0 aliphatic heterocycles. The lowest BCUT2D eigenvalue weighted by atomic mass is 10.2. The summed E-state index contributed by atoms with van der Waals surface area (Å²) >= 11 is 0. The fourth-order valence-electron chi connectivity index (χ4n) is 1.70. The van der Waals surface area contributed by atoms with Crippen molar-refractivity contribution in [2.75, 3.05) is 0 Å². The summed E-state index contributed by atoms with van der Waals surface area (Å²) in [6.45, 7) is 1.76. The van der Waals surface area contributed by atoms with Crippen LogP contribution in [-0.2, 0) is 10.1 Å². The summed E-state index contributed by atoms with van der Waals surface area (Å²) in [4.78, 5) is 19.7. The number of nitrogens with two attached hydrogens (primary N) is 2. The van der Waals surface area contributed by atoms with E-state index in [4.69, 9.17) is 4.18 Å². The Morgan fingerprint density at radius 1 is 0.960 bits per heavy atom. The normalized spacial score (nSPS) is 10.4. The lowest BCUT2D eigenvalue weighted by Gasteiger charge is -2.07. The molecule has 4 N–H and O–H groups in total. The van der Waals surface area contributed by atoms with E-state index < -0.39 is 37.1 Å². The topological polar surface area (TPSA) is 182 Å². The molecule has 2 rings (SSSR count). The molecule has 0 aliphatic rings. The monoisotopic (exact) mass is 370 g/mol. The van der Waals surface area contributed by atoms with Crippen LogP contribution in [-0.4, -0.2) is 18.3 Å². The van der Waals surface area contributed by atoms with E-state index in [9.17, 15) is 28.6 Å². The molecule has 25 heavy (non-hydrogen) atoms. The number of hydrogen-bond acceptors (Lipinski definition) is 9. The molecule has 0 atom stereocenters. The number of rotatable bonds is 5. The van der Waals surface area contributed by atoms with Crippen LogP contribution in [0.4, 0.5) is 11.4 Å². The van der Waals surface area contributed by atoms with Crippen molar-refractivity contribution in [1.82, 2.24) is 0 Å². The molecule has 0 spiro atoms. The first kappa shape index (κ1) is 20.0. The first-order valence-electron chi connectivity index (χ1n) is 6.48. The van der Waals surface area contributed by atoms with Crippen LogP contribution in [0.1, 0.15) is 5.56 Å². The summed E-state index contributed by atoms with van der Waals surface area (Å²) in [5.41, 5.74) is -0.531. The number of non-ortho nitro benzene ring substituents is 1. The summed E-state index contributed by atoms with van der Waals surface area (Å²) in [5.74, 6) is 7.40. The van der Waals surface area contributed by atoms with Gasteiger partial charge in [0.1, 0.15) is 4.90 Å². The van der Waals surface area contributed by atoms with E-state index in [0.29, 0.717) is 6.07 Å². The second-order valence-corrected chi connectivity index (χ2v) is 6.06. The van der Waals surface area contributed by atoms with E-state index in [2.05, 4.69) is 11.7 Å². The lowest BCUT2D eigenvalue weighted by Crippen LogP contribution is -2.11. The molecular formula is C13H14N4O7S. The molecule has 0 aromatic heterocycles. The van der Waals surface area contributed by atoms with Crippen molar-refractivity contribution in [3.8, 4) is 5.75 Å². The molecule has 0 heterocycles. The maximum absolute atomic E-state index is 12.1. The Balaban J connectivity index is 0.00000151. The van der Waals surface area contributed by atoms with Crippen molar-refractivity contribution in [2.45, 2.75) is 11.8 Å². The molecule has 11 nitrogen and oxygen atoms in total. The van der Waals surface area contributed by atoms with Crippen molar-refractivity contribution in [1.29, 1.82) is 0 Å². The highest BCUT2D eigenvalue weighted by atomic mass is 32.2. The Bertz CT molecular complexity index is 882. The van der Waals surface area contributed by atoms with Gasteiger partial charge in [-0.05, 0) is 25.1 Å². The molecule has 134 valence electrons. The minimum Gasteiger partial charge on any atom is -0.372 e. The molecule has 12 heteroatoms. The second kappa shape index (κ2) is 8.14. The first-order valence-corrected chi connectivity index (χ1v) is 7.89. The molecule has 0 radical (unpaired) electrons. The van der Waals surface area contributed by atoms with E-state index in [-0.39, 0.29) is 4.90 Å². The maximum atomic E-state index is 12.1. The number of benzene rings is 2. The number of hydrogen-bond donors (Lipinski definition) is 2. The molecular weight excluding hydrogens is 356 g/mol. The maximum Gasteiger partial charge on any atom is 0.339 e. The van der Waals surface area contributed by atoms with Crippen LogP contribution in [0.5, 0.6) is 5.75 Å². The molecule has 0 aliphatic carbocycles. The van der Waals surface area contributed by atoms with Crippen LogP contribution in [0.2, 0.25) is 0 Å². The molecule has 0 unspecified atom stereocenters. The number of nitrogens with zero attached hydrogens (tertiary/aromatic N) is 2. The molecule has 0 saturated carbocycles. The average Bonchev–Trinajstić information content (AvgIpc) is 2.56. The quantitative estimate of drug-likeness (QED) is 0.340. The summed E-state index contributed by atoms with van der Waals surface area (Å²) in [7, 11) is -4.29. The van der Waals surface area contributed by atoms with Crippen LogP contribution in [0.25, 0.3) is 0 Å². The van der Waals surface area contributed by atoms with E-state index in [1.165, 1.54) is 12.1 Å². The molecule has 2 aromatic carbocycles. The zero-order valence-corrected chi connectivity index (χ0v) is 13.7. The van der Waals surface area contributed by atoms with E-state index in [1.54, 1.807) is 19.1 Å². The largest absolute Gasteiger partial charge is 0.372 e. The first-order chi connectivity index (χ1) is 11.7. The van der Waals surface area contributed by atoms with Gasteiger partial charge in [0.05, 0.1) is 15.9 Å². The van der Waals surface area contributed by atoms with Gasteiger partial charge in [0.15, 0.2) is 0 Å². The highest BCUT2D eigenvalue weighted by molar-refractivity contribution is 7.87. The van der Waals surface area contributed by atoms with Crippen LogP contribution in [0, 0.1) is 27.2 Å². The minimum absolute atomic E-state index is 0.184. The van der Waals surface area contributed by atoms with Gasteiger partial charge in [0, 0.05) is 6.07 Å². The highest BCUT2D eigenvalue weighted by Gasteiger charge is 2.26. The van der Waals surface area contributed by atoms with E-state index in [1.807, 2.05) is 0 Å². The van der Waals surface area contributed by atoms with Crippen molar-refractivity contribution in [3.63, 3.8) is 0 Å². The summed E-state index contributed by atoms with van der Waals surface area (Å²) in [6, 6.07) is 8.11. The van der Waals surface area contributed by atoms with Gasteiger partial charge < -0.3 is 4.18 Å².